The van der Waals surface area contributed by atoms with Crippen LogP contribution in [0.2, 0.25) is 0 Å². The van der Waals surface area contributed by atoms with E-state index in [0.29, 0.717) is 41.8 Å². The van der Waals surface area contributed by atoms with E-state index in [-0.39, 0.29) is 18.2 Å². The first-order valence-electron chi connectivity index (χ1n) is 10.3. The molecule has 3 rings (SSSR count). The van der Waals surface area contributed by atoms with E-state index in [0.717, 1.165) is 10.5 Å². The largest absolute Gasteiger partial charge is 0.493 e. The highest BCUT2D eigenvalue weighted by Crippen LogP contribution is 2.29. The van der Waals surface area contributed by atoms with Gasteiger partial charge in [0.15, 0.2) is 16.6 Å². The number of imide groups is 1. The average Bonchev–Trinajstić information content (AvgIpc) is 3.08. The Morgan fingerprint density at radius 1 is 1.16 bits per heavy atom. The summed E-state index contributed by atoms with van der Waals surface area (Å²) in [7, 11) is 3.14. The van der Waals surface area contributed by atoms with Crippen molar-refractivity contribution in [1.29, 1.82) is 0 Å². The zero-order valence-corrected chi connectivity index (χ0v) is 19.1. The summed E-state index contributed by atoms with van der Waals surface area (Å²) in [4.78, 5) is 28.7. The lowest BCUT2D eigenvalue weighted by Gasteiger charge is -2.30. The van der Waals surface area contributed by atoms with Crippen LogP contribution in [0, 0.1) is 5.82 Å². The van der Waals surface area contributed by atoms with E-state index in [1.165, 1.54) is 24.3 Å². The summed E-state index contributed by atoms with van der Waals surface area (Å²) in [5.74, 6) is 0.0775. The molecule has 1 saturated heterocycles. The van der Waals surface area contributed by atoms with Gasteiger partial charge in [0.1, 0.15) is 11.9 Å². The lowest BCUT2D eigenvalue weighted by atomic mass is 10.1. The molecule has 32 heavy (non-hydrogen) atoms. The number of carbonyl (C=O) groups is 2. The fourth-order valence-electron chi connectivity index (χ4n) is 3.66. The number of benzene rings is 2. The third-order valence-corrected chi connectivity index (χ3v) is 5.64. The van der Waals surface area contributed by atoms with E-state index >= 15 is 0 Å². The molecular formula is C23H26FN3O4S. The van der Waals surface area contributed by atoms with Crippen molar-refractivity contribution in [3.05, 3.63) is 53.8 Å². The number of hydrogen-bond donors (Lipinski definition) is 1. The average molecular weight is 460 g/mol. The van der Waals surface area contributed by atoms with Gasteiger partial charge < -0.3 is 19.7 Å². The molecule has 1 aliphatic heterocycles. The van der Waals surface area contributed by atoms with Gasteiger partial charge in [0.25, 0.3) is 5.91 Å². The van der Waals surface area contributed by atoms with Gasteiger partial charge >= 0.3 is 0 Å². The lowest BCUT2D eigenvalue weighted by Crippen LogP contribution is -2.50. The first-order chi connectivity index (χ1) is 15.4. The summed E-state index contributed by atoms with van der Waals surface area (Å²) in [6.07, 6.45) is 0.564. The fourth-order valence-corrected chi connectivity index (χ4v) is 4.02. The Bertz CT molecular complexity index is 999. The highest BCUT2D eigenvalue weighted by Gasteiger charge is 2.43. The van der Waals surface area contributed by atoms with E-state index in [4.69, 9.17) is 21.7 Å². The first-order valence-corrected chi connectivity index (χ1v) is 10.7. The van der Waals surface area contributed by atoms with E-state index in [1.807, 2.05) is 25.1 Å². The minimum Gasteiger partial charge on any atom is -0.493 e. The number of rotatable bonds is 8. The molecule has 0 unspecified atom stereocenters. The number of hydrogen-bond acceptors (Lipinski definition) is 5. The number of thiocarbonyl (C=S) groups is 1. The molecule has 0 bridgehead atoms. The van der Waals surface area contributed by atoms with E-state index < -0.39 is 11.9 Å². The Labute approximate surface area is 192 Å². The minimum absolute atomic E-state index is 0.00627. The van der Waals surface area contributed by atoms with Gasteiger partial charge in [-0.25, -0.2) is 9.29 Å². The molecule has 1 atom stereocenters. The molecule has 2 aromatic carbocycles. The second-order valence-electron chi connectivity index (χ2n) is 7.23. The molecule has 2 aromatic rings. The summed E-state index contributed by atoms with van der Waals surface area (Å²) in [6.45, 7) is 2.91. The maximum Gasteiger partial charge on any atom is 0.257 e. The highest BCUT2D eigenvalue weighted by molar-refractivity contribution is 7.80. The van der Waals surface area contributed by atoms with Gasteiger partial charge in [0.2, 0.25) is 5.91 Å². The Hall–Kier alpha value is -3.20. The van der Waals surface area contributed by atoms with Crippen LogP contribution >= 0.6 is 12.2 Å². The third-order valence-electron chi connectivity index (χ3n) is 5.26. The molecule has 1 aliphatic rings. The molecule has 0 aromatic heterocycles. The van der Waals surface area contributed by atoms with Crippen molar-refractivity contribution in [1.82, 2.24) is 10.2 Å². The molecule has 1 fully saturated rings. The van der Waals surface area contributed by atoms with Crippen molar-refractivity contribution in [2.45, 2.75) is 25.8 Å². The van der Waals surface area contributed by atoms with Crippen LogP contribution in [-0.2, 0) is 16.0 Å². The summed E-state index contributed by atoms with van der Waals surface area (Å²) in [5, 5.41) is 3.48. The molecule has 170 valence electrons. The van der Waals surface area contributed by atoms with Crippen LogP contribution in [0.15, 0.2) is 42.5 Å². The van der Waals surface area contributed by atoms with Gasteiger partial charge in [-0.1, -0.05) is 6.07 Å². The quantitative estimate of drug-likeness (QED) is 0.481. The normalized spacial score (nSPS) is 15.6. The van der Waals surface area contributed by atoms with Crippen molar-refractivity contribution < 1.29 is 23.5 Å². The Morgan fingerprint density at radius 3 is 2.47 bits per heavy atom. The number of amides is 2. The number of ether oxygens (including phenoxy) is 2. The van der Waals surface area contributed by atoms with Gasteiger partial charge in [-0.05, 0) is 67.5 Å². The Morgan fingerprint density at radius 2 is 1.84 bits per heavy atom. The van der Waals surface area contributed by atoms with Crippen LogP contribution in [0.1, 0.15) is 18.9 Å². The monoisotopic (exact) mass is 459 g/mol. The van der Waals surface area contributed by atoms with Crippen LogP contribution in [0.5, 0.6) is 11.5 Å². The standard InChI is InChI=1S/C23H26FN3O4S/c1-4-25-23(32)26(12-11-15-5-10-19(30-2)20(13-15)31-3)18-14-21(28)27(22(18)29)17-8-6-16(24)7-9-17/h5-10,13,18H,4,11-12,14H2,1-3H3,(H,25,32)/t18-/m1/s1. The molecule has 0 aliphatic carbocycles. The van der Waals surface area contributed by atoms with Crippen LogP contribution in [0.25, 0.3) is 0 Å². The molecule has 0 spiro atoms. The fraction of sp³-hybridized carbons (Fsp3) is 0.348. The van der Waals surface area contributed by atoms with Gasteiger partial charge in [-0.2, -0.15) is 0 Å². The van der Waals surface area contributed by atoms with E-state index in [1.54, 1.807) is 19.1 Å². The zero-order valence-electron chi connectivity index (χ0n) is 18.3. The molecule has 2 amide bonds. The van der Waals surface area contributed by atoms with Gasteiger partial charge in [0, 0.05) is 13.1 Å². The molecule has 0 radical (unpaired) electrons. The Balaban J connectivity index is 1.81. The molecule has 9 heteroatoms. The SMILES string of the molecule is CCNC(=S)N(CCc1ccc(OC)c(OC)c1)[C@@H]1CC(=O)N(c2ccc(F)cc2)C1=O. The summed E-state index contributed by atoms with van der Waals surface area (Å²) >= 11 is 5.52. The van der Waals surface area contributed by atoms with Gasteiger partial charge in [0.05, 0.1) is 26.3 Å². The lowest BCUT2D eigenvalue weighted by molar-refractivity contribution is -0.122. The highest BCUT2D eigenvalue weighted by atomic mass is 32.1. The third kappa shape index (κ3) is 4.99. The topological polar surface area (TPSA) is 71.1 Å². The number of halogens is 1. The van der Waals surface area contributed by atoms with E-state index in [9.17, 15) is 14.0 Å². The molecule has 1 heterocycles. The van der Waals surface area contributed by atoms with Crippen LogP contribution in [0.3, 0.4) is 0 Å². The number of nitrogens with zero attached hydrogens (tertiary/aromatic N) is 2. The first kappa shape index (κ1) is 23.5. The van der Waals surface area contributed by atoms with Crippen molar-refractivity contribution in [3.8, 4) is 11.5 Å². The summed E-state index contributed by atoms with van der Waals surface area (Å²) in [5.41, 5.74) is 1.32. The number of methoxy groups -OCH3 is 2. The minimum atomic E-state index is -0.737. The van der Waals surface area contributed by atoms with Crippen molar-refractivity contribution in [2.24, 2.45) is 0 Å². The molecular weight excluding hydrogens is 433 g/mol. The number of carbonyl (C=O) groups excluding carboxylic acids is 2. The zero-order chi connectivity index (χ0) is 23.3. The smallest absolute Gasteiger partial charge is 0.257 e. The maximum atomic E-state index is 13.3. The molecule has 1 N–H and O–H groups in total. The maximum absolute atomic E-state index is 13.3. The van der Waals surface area contributed by atoms with Gasteiger partial charge in [-0.3, -0.25) is 9.59 Å². The Kier molecular flexibility index (Phi) is 7.63. The predicted octanol–water partition coefficient (Wildman–Crippen LogP) is 2.91. The second kappa shape index (κ2) is 10.4. The van der Waals surface area contributed by atoms with Crippen LogP contribution in [0.4, 0.5) is 10.1 Å². The van der Waals surface area contributed by atoms with Crippen LogP contribution < -0.4 is 19.7 Å². The predicted molar refractivity (Wildman–Crippen MR) is 124 cm³/mol. The van der Waals surface area contributed by atoms with Crippen LogP contribution in [-0.4, -0.2) is 55.2 Å². The number of anilines is 1. The number of nitrogens with one attached hydrogen (secondary N) is 1. The van der Waals surface area contributed by atoms with E-state index in [2.05, 4.69) is 5.32 Å². The van der Waals surface area contributed by atoms with Crippen molar-refractivity contribution in [3.63, 3.8) is 0 Å². The molecule has 7 nitrogen and oxygen atoms in total. The van der Waals surface area contributed by atoms with Crippen molar-refractivity contribution in [2.75, 3.05) is 32.2 Å². The van der Waals surface area contributed by atoms with Gasteiger partial charge in [-0.15, -0.1) is 0 Å². The molecule has 0 saturated carbocycles. The summed E-state index contributed by atoms with van der Waals surface area (Å²) in [6, 6.07) is 10.2. The van der Waals surface area contributed by atoms with Crippen molar-refractivity contribution >= 4 is 34.8 Å². The second-order valence-corrected chi connectivity index (χ2v) is 7.62. The summed E-state index contributed by atoms with van der Waals surface area (Å²) < 4.78 is 23.9.